The fraction of sp³-hybridized carbons (Fsp3) is 0.0526. The third kappa shape index (κ3) is 2.35. The number of hydrogen-bond donors (Lipinski definition) is 0. The molecule has 0 saturated carbocycles. The van der Waals surface area contributed by atoms with Gasteiger partial charge in [0.25, 0.3) is 0 Å². The van der Waals surface area contributed by atoms with Gasteiger partial charge in [-0.3, -0.25) is 0 Å². The van der Waals surface area contributed by atoms with Crippen molar-refractivity contribution in [2.75, 3.05) is 0 Å². The molecule has 0 spiro atoms. The molecule has 0 aliphatic rings. The largest absolute Gasteiger partial charge is 0.144 e. The number of thioether (sulfide) groups is 1. The van der Waals surface area contributed by atoms with Crippen molar-refractivity contribution in [2.45, 2.75) is 11.8 Å². The molecule has 4 aromatic rings. The minimum Gasteiger partial charge on any atom is -0.144 e. The Morgan fingerprint density at radius 1 is 0.810 bits per heavy atom. The van der Waals surface area contributed by atoms with Gasteiger partial charge in [0.15, 0.2) is 0 Å². The van der Waals surface area contributed by atoms with E-state index in [4.69, 9.17) is 0 Å². The molecule has 0 nitrogen and oxygen atoms in total. The van der Waals surface area contributed by atoms with E-state index < -0.39 is 0 Å². The number of thiophene rings is 1. The van der Waals surface area contributed by atoms with E-state index in [0.717, 1.165) is 0 Å². The lowest BCUT2D eigenvalue weighted by molar-refractivity contribution is 1.52. The highest BCUT2D eigenvalue weighted by molar-refractivity contribution is 8.02. The molecule has 3 aromatic carbocycles. The van der Waals surface area contributed by atoms with E-state index in [1.807, 2.05) is 18.3 Å². The molecule has 2 heteroatoms. The maximum Gasteiger partial charge on any atom is 0.0349 e. The second-order valence-corrected chi connectivity index (χ2v) is 7.03. The molecular formula is C19H14S2. The first-order chi connectivity index (χ1) is 10.3. The first-order valence-corrected chi connectivity index (χ1v) is 8.72. The molecule has 1 aromatic heterocycles. The van der Waals surface area contributed by atoms with Crippen LogP contribution >= 0.6 is 23.1 Å². The predicted octanol–water partition coefficient (Wildman–Crippen LogP) is 6.83. The van der Waals surface area contributed by atoms with Crippen LogP contribution in [0, 0.1) is 0 Å². The van der Waals surface area contributed by atoms with Crippen molar-refractivity contribution in [2.24, 2.45) is 0 Å². The van der Waals surface area contributed by atoms with Crippen LogP contribution in [0.15, 0.2) is 70.3 Å². The van der Waals surface area contributed by atoms with Crippen LogP contribution in [0.25, 0.3) is 31.6 Å². The highest BCUT2D eigenvalue weighted by Crippen LogP contribution is 2.31. The van der Waals surface area contributed by atoms with Crippen LogP contribution in [0.4, 0.5) is 0 Å². The van der Waals surface area contributed by atoms with E-state index in [1.165, 1.54) is 36.5 Å². The zero-order valence-electron chi connectivity index (χ0n) is 11.7. The van der Waals surface area contributed by atoms with Crippen molar-refractivity contribution in [1.82, 2.24) is 0 Å². The zero-order chi connectivity index (χ0) is 14.2. The van der Waals surface area contributed by atoms with Crippen molar-refractivity contribution in [3.8, 4) is 0 Å². The molecule has 0 radical (unpaired) electrons. The quantitative estimate of drug-likeness (QED) is 0.289. The summed E-state index contributed by atoms with van der Waals surface area (Å²) in [6.45, 7) is 2.05. The van der Waals surface area contributed by atoms with Crippen molar-refractivity contribution in [1.29, 1.82) is 0 Å². The Morgan fingerprint density at radius 3 is 2.48 bits per heavy atom. The first-order valence-electron chi connectivity index (χ1n) is 6.96. The SMILES string of the molecule is C/C=C\Sc1ccc2cc3cc4sccc4cc3cc2c1. The summed E-state index contributed by atoms with van der Waals surface area (Å²) in [5.41, 5.74) is 0. The van der Waals surface area contributed by atoms with Gasteiger partial charge in [-0.05, 0) is 87.1 Å². The standard InChI is InChI=1S/C19H14S2/c1-2-6-20-18-4-3-13-8-17-12-19-14(5-7-21-19)9-15(17)10-16(13)11-18/h2-12H,1H3/b6-2-. The lowest BCUT2D eigenvalue weighted by Crippen LogP contribution is -1.78. The molecule has 21 heavy (non-hydrogen) atoms. The predicted molar refractivity (Wildman–Crippen MR) is 97.5 cm³/mol. The minimum absolute atomic E-state index is 1.29. The van der Waals surface area contributed by atoms with Gasteiger partial charge >= 0.3 is 0 Å². The molecule has 102 valence electrons. The smallest absolute Gasteiger partial charge is 0.0349 e. The van der Waals surface area contributed by atoms with Crippen molar-refractivity contribution in [3.63, 3.8) is 0 Å². The van der Waals surface area contributed by atoms with E-state index >= 15 is 0 Å². The Kier molecular flexibility index (Phi) is 3.21. The zero-order valence-corrected chi connectivity index (χ0v) is 13.3. The highest BCUT2D eigenvalue weighted by Gasteiger charge is 2.03. The molecule has 1 heterocycles. The number of allylic oxidation sites excluding steroid dienone is 1. The maximum atomic E-state index is 2.31. The van der Waals surface area contributed by atoms with Gasteiger partial charge in [0.05, 0.1) is 0 Å². The number of benzene rings is 3. The summed E-state index contributed by atoms with van der Waals surface area (Å²) in [4.78, 5) is 1.29. The van der Waals surface area contributed by atoms with Crippen molar-refractivity contribution < 1.29 is 0 Å². The topological polar surface area (TPSA) is 0 Å². The van der Waals surface area contributed by atoms with Crippen LogP contribution in [0.3, 0.4) is 0 Å². The van der Waals surface area contributed by atoms with E-state index in [9.17, 15) is 0 Å². The first kappa shape index (κ1) is 12.9. The van der Waals surface area contributed by atoms with Crippen molar-refractivity contribution >= 4 is 54.7 Å². The summed E-state index contributed by atoms with van der Waals surface area (Å²) >= 11 is 3.57. The van der Waals surface area contributed by atoms with Gasteiger partial charge in [0.2, 0.25) is 0 Å². The summed E-state index contributed by atoms with van der Waals surface area (Å²) in [5.74, 6) is 0. The minimum atomic E-state index is 1.29. The maximum absolute atomic E-state index is 2.31. The van der Waals surface area contributed by atoms with Gasteiger partial charge < -0.3 is 0 Å². The van der Waals surface area contributed by atoms with Crippen LogP contribution < -0.4 is 0 Å². The van der Waals surface area contributed by atoms with E-state index in [0.29, 0.717) is 0 Å². The number of hydrogen-bond acceptors (Lipinski definition) is 2. The lowest BCUT2D eigenvalue weighted by atomic mass is 10.0. The Morgan fingerprint density at radius 2 is 1.57 bits per heavy atom. The average molecular weight is 306 g/mol. The van der Waals surface area contributed by atoms with Gasteiger partial charge in [-0.1, -0.05) is 23.9 Å². The summed E-state index contributed by atoms with van der Waals surface area (Å²) in [7, 11) is 0. The van der Waals surface area contributed by atoms with Gasteiger partial charge in [-0.15, -0.1) is 11.3 Å². The molecule has 4 rings (SSSR count). The number of fused-ring (bicyclic) bond motifs is 3. The molecule has 0 N–H and O–H groups in total. The Bertz CT molecular complexity index is 977. The Labute approximate surface area is 132 Å². The fourth-order valence-corrected chi connectivity index (χ4v) is 4.11. The van der Waals surface area contributed by atoms with Crippen LogP contribution in [-0.4, -0.2) is 0 Å². The molecule has 0 bridgehead atoms. The molecule has 0 saturated heterocycles. The van der Waals surface area contributed by atoms with Gasteiger partial charge in [0.1, 0.15) is 0 Å². The molecular weight excluding hydrogens is 292 g/mol. The number of rotatable bonds is 2. The second kappa shape index (κ2) is 5.21. The summed E-state index contributed by atoms with van der Waals surface area (Å²) in [6.07, 6.45) is 2.07. The normalized spacial score (nSPS) is 12.0. The van der Waals surface area contributed by atoms with Crippen LogP contribution in [0.2, 0.25) is 0 Å². The Hall–Kier alpha value is -1.77. The highest BCUT2D eigenvalue weighted by atomic mass is 32.2. The third-order valence-corrected chi connectivity index (χ3v) is 5.49. The monoisotopic (exact) mass is 306 g/mol. The molecule has 0 aliphatic carbocycles. The summed E-state index contributed by atoms with van der Waals surface area (Å²) in [6, 6.07) is 18.1. The van der Waals surface area contributed by atoms with Crippen LogP contribution in [-0.2, 0) is 0 Å². The van der Waals surface area contributed by atoms with E-state index in [-0.39, 0.29) is 0 Å². The molecule has 0 fully saturated rings. The van der Waals surface area contributed by atoms with Gasteiger partial charge in [0, 0.05) is 9.60 Å². The fourth-order valence-electron chi connectivity index (χ4n) is 2.66. The van der Waals surface area contributed by atoms with E-state index in [1.54, 1.807) is 11.8 Å². The second-order valence-electron chi connectivity index (χ2n) is 5.11. The molecule has 0 amide bonds. The lowest BCUT2D eigenvalue weighted by Gasteiger charge is -2.05. The Balaban J connectivity index is 1.95. The summed E-state index contributed by atoms with van der Waals surface area (Å²) in [5, 5.41) is 10.9. The van der Waals surface area contributed by atoms with Crippen LogP contribution in [0.1, 0.15) is 6.92 Å². The van der Waals surface area contributed by atoms with Crippen LogP contribution in [0.5, 0.6) is 0 Å². The van der Waals surface area contributed by atoms with Gasteiger partial charge in [-0.2, -0.15) is 0 Å². The van der Waals surface area contributed by atoms with Gasteiger partial charge in [-0.25, -0.2) is 0 Å². The molecule has 0 atom stereocenters. The average Bonchev–Trinajstić information content (AvgIpc) is 2.95. The third-order valence-electron chi connectivity index (χ3n) is 3.68. The summed E-state index contributed by atoms with van der Waals surface area (Å²) < 4.78 is 1.36. The molecule has 0 aliphatic heterocycles. The van der Waals surface area contributed by atoms with Crippen molar-refractivity contribution in [3.05, 3.63) is 65.4 Å². The molecule has 0 unspecified atom stereocenters. The van der Waals surface area contributed by atoms with E-state index in [2.05, 4.69) is 65.4 Å².